The zero-order valence-electron chi connectivity index (χ0n) is 16.5. The zero-order chi connectivity index (χ0) is 20.7. The Morgan fingerprint density at radius 2 is 2.21 bits per heavy atom. The van der Waals surface area contributed by atoms with Gasteiger partial charge >= 0.3 is 17.1 Å². The maximum absolute atomic E-state index is 13.0. The largest absolute Gasteiger partial charge is 0.477 e. The van der Waals surface area contributed by atoms with E-state index in [1.807, 2.05) is 32.9 Å². The van der Waals surface area contributed by atoms with Crippen molar-refractivity contribution >= 4 is 35.0 Å². The molecule has 1 fully saturated rings. The molecule has 1 aliphatic rings. The molecule has 1 saturated carbocycles. The van der Waals surface area contributed by atoms with Crippen molar-refractivity contribution in [3.8, 4) is 5.88 Å². The fourth-order valence-corrected chi connectivity index (χ4v) is 3.75. The molecule has 0 aliphatic heterocycles. The van der Waals surface area contributed by atoms with Crippen LogP contribution in [0.4, 0.5) is 0 Å². The molecule has 3 aromatic rings. The molecule has 9 nitrogen and oxygen atoms in total. The van der Waals surface area contributed by atoms with Crippen molar-refractivity contribution in [3.05, 3.63) is 37.7 Å². The number of carbonyl (C=O) groups excluding carboxylic acids is 1. The van der Waals surface area contributed by atoms with E-state index in [0.29, 0.717) is 17.8 Å². The van der Waals surface area contributed by atoms with Crippen molar-refractivity contribution in [3.63, 3.8) is 0 Å². The Hall–Kier alpha value is -3.01. The van der Waals surface area contributed by atoms with Gasteiger partial charge in [0.05, 0.1) is 18.3 Å². The number of fused-ring (bicyclic) bond motifs is 1. The third-order valence-corrected chi connectivity index (χ3v) is 5.41. The van der Waals surface area contributed by atoms with E-state index in [2.05, 4.69) is 20.6 Å². The first-order valence-electron chi connectivity index (χ1n) is 9.53. The topological polar surface area (TPSA) is 116 Å². The van der Waals surface area contributed by atoms with Crippen LogP contribution in [0.3, 0.4) is 0 Å². The van der Waals surface area contributed by atoms with Gasteiger partial charge in [-0.05, 0) is 37.8 Å². The average molecular weight is 415 g/mol. The number of aryl methyl sites for hydroxylation is 1. The predicted octanol–water partition coefficient (Wildman–Crippen LogP) is 1.50. The summed E-state index contributed by atoms with van der Waals surface area (Å²) in [6.07, 6.45) is 7.07. The second-order valence-electron chi connectivity index (χ2n) is 7.64. The number of carbonyl (C=O) groups is 1. The van der Waals surface area contributed by atoms with E-state index >= 15 is 0 Å². The molecule has 0 bridgehead atoms. The molecule has 0 spiro atoms. The van der Waals surface area contributed by atoms with Crippen LogP contribution in [0.2, 0.25) is 0 Å². The van der Waals surface area contributed by atoms with Gasteiger partial charge in [-0.3, -0.25) is 4.79 Å². The Balaban J connectivity index is 1.86. The van der Waals surface area contributed by atoms with Crippen LogP contribution in [-0.2, 0) is 6.54 Å². The summed E-state index contributed by atoms with van der Waals surface area (Å²) in [6.45, 7) is 6.33. The van der Waals surface area contributed by atoms with Gasteiger partial charge in [-0.2, -0.15) is 4.57 Å². The van der Waals surface area contributed by atoms with Gasteiger partial charge in [0, 0.05) is 6.04 Å². The molecule has 1 amide bonds. The van der Waals surface area contributed by atoms with E-state index in [0.717, 1.165) is 22.9 Å². The zero-order valence-corrected chi connectivity index (χ0v) is 17.3. The van der Waals surface area contributed by atoms with E-state index in [4.69, 9.17) is 0 Å². The van der Waals surface area contributed by atoms with E-state index < -0.39 is 11.5 Å². The van der Waals surface area contributed by atoms with Crippen LogP contribution in [0.25, 0.3) is 17.8 Å². The predicted molar refractivity (Wildman–Crippen MR) is 109 cm³/mol. The molecule has 3 aromatic heterocycles. The minimum absolute atomic E-state index is 0.0815. The van der Waals surface area contributed by atoms with Gasteiger partial charge in [-0.1, -0.05) is 29.7 Å². The van der Waals surface area contributed by atoms with E-state index in [9.17, 15) is 14.7 Å². The third kappa shape index (κ3) is 3.80. The number of rotatable bonds is 6. The molecular weight excluding hydrogens is 392 g/mol. The Labute approximate surface area is 170 Å². The maximum Gasteiger partial charge on any atom is 0.378 e. The van der Waals surface area contributed by atoms with Gasteiger partial charge in [0.1, 0.15) is 10.0 Å². The van der Waals surface area contributed by atoms with Crippen LogP contribution < -0.4 is 15.4 Å². The molecular formula is C19H23N6O3S+. The van der Waals surface area contributed by atoms with Crippen molar-refractivity contribution in [1.29, 1.82) is 0 Å². The molecule has 0 unspecified atom stereocenters. The molecule has 29 heavy (non-hydrogen) atoms. The van der Waals surface area contributed by atoms with Crippen LogP contribution in [0.15, 0.2) is 11.0 Å². The Kier molecular flexibility index (Phi) is 4.95. The van der Waals surface area contributed by atoms with Gasteiger partial charge in [-0.15, -0.1) is 10.2 Å². The summed E-state index contributed by atoms with van der Waals surface area (Å²) < 4.78 is 2.91. The smallest absolute Gasteiger partial charge is 0.378 e. The van der Waals surface area contributed by atoms with Crippen molar-refractivity contribution in [2.75, 3.05) is 0 Å². The summed E-state index contributed by atoms with van der Waals surface area (Å²) in [5.41, 5.74) is 0.357. The van der Waals surface area contributed by atoms with Crippen molar-refractivity contribution < 1.29 is 14.5 Å². The van der Waals surface area contributed by atoms with E-state index in [1.165, 1.54) is 15.9 Å². The SMILES string of the molecule is Cc1nnc(/C=C/c2c[nH]n3c(=O)c(C(=O)NC4CC4)c(O)[n+](CC(C)C)c23)s1. The second-order valence-corrected chi connectivity index (χ2v) is 8.85. The fraction of sp³-hybridized carbons (Fsp3) is 0.421. The second kappa shape index (κ2) is 7.43. The van der Waals surface area contributed by atoms with Crippen molar-refractivity contribution in [2.45, 2.75) is 46.2 Å². The lowest BCUT2D eigenvalue weighted by Gasteiger charge is -2.10. The van der Waals surface area contributed by atoms with E-state index in [-0.39, 0.29) is 23.4 Å². The van der Waals surface area contributed by atoms with Crippen molar-refractivity contribution in [1.82, 2.24) is 25.1 Å². The molecule has 0 saturated heterocycles. The molecule has 4 rings (SSSR count). The number of hydrogen-bond acceptors (Lipinski definition) is 6. The summed E-state index contributed by atoms with van der Waals surface area (Å²) in [5.74, 6) is -0.676. The standard InChI is InChI=1S/C19H22N6O3S/c1-10(2)9-24-17-12(4-7-14-23-22-11(3)29-14)8-20-25(17)19(28)15(18(24)27)16(26)21-13-5-6-13/h4,7-8,10,13H,5-6,9H2,1-3H3,(H2,21,26,27,28)/p+1/b7-4+. The summed E-state index contributed by atoms with van der Waals surface area (Å²) in [4.78, 5) is 25.6. The quantitative estimate of drug-likeness (QED) is 0.528. The highest BCUT2D eigenvalue weighted by Crippen LogP contribution is 2.21. The molecule has 0 atom stereocenters. The van der Waals surface area contributed by atoms with Crippen LogP contribution in [0.5, 0.6) is 5.88 Å². The highest BCUT2D eigenvalue weighted by Gasteiger charge is 2.34. The van der Waals surface area contributed by atoms with Crippen LogP contribution in [-0.4, -0.2) is 36.9 Å². The van der Waals surface area contributed by atoms with Crippen LogP contribution in [0, 0.1) is 12.8 Å². The third-order valence-electron chi connectivity index (χ3n) is 4.61. The fourth-order valence-electron chi connectivity index (χ4n) is 3.15. The molecule has 3 N–H and O–H groups in total. The molecule has 0 aromatic carbocycles. The number of amides is 1. The summed E-state index contributed by atoms with van der Waals surface area (Å²) in [7, 11) is 0. The normalized spacial score (nSPS) is 14.3. The molecule has 1 aliphatic carbocycles. The summed E-state index contributed by atoms with van der Waals surface area (Å²) in [6, 6.07) is 0.0815. The molecule has 3 heterocycles. The first-order valence-corrected chi connectivity index (χ1v) is 10.3. The lowest BCUT2D eigenvalue weighted by molar-refractivity contribution is -0.686. The Bertz CT molecular complexity index is 1170. The number of hydrogen-bond donors (Lipinski definition) is 3. The Morgan fingerprint density at radius 3 is 2.83 bits per heavy atom. The molecule has 0 radical (unpaired) electrons. The number of aromatic hydroxyl groups is 1. The molecule has 10 heteroatoms. The number of H-pyrrole nitrogens is 1. The number of aromatic amines is 1. The molecule has 152 valence electrons. The van der Waals surface area contributed by atoms with Gasteiger partial charge < -0.3 is 10.4 Å². The maximum atomic E-state index is 13.0. The Morgan fingerprint density at radius 1 is 1.45 bits per heavy atom. The first kappa shape index (κ1) is 19.3. The minimum atomic E-state index is -0.581. The van der Waals surface area contributed by atoms with Gasteiger partial charge in [0.15, 0.2) is 0 Å². The van der Waals surface area contributed by atoms with Gasteiger partial charge in [0.2, 0.25) is 5.56 Å². The summed E-state index contributed by atoms with van der Waals surface area (Å²) >= 11 is 1.46. The number of nitrogens with one attached hydrogen (secondary N) is 2. The van der Waals surface area contributed by atoms with Gasteiger partial charge in [-0.25, -0.2) is 9.89 Å². The number of nitrogens with zero attached hydrogens (tertiary/aromatic N) is 4. The van der Waals surface area contributed by atoms with Crippen molar-refractivity contribution in [2.24, 2.45) is 5.92 Å². The van der Waals surface area contributed by atoms with Crippen LogP contribution in [0.1, 0.15) is 52.6 Å². The minimum Gasteiger partial charge on any atom is -0.477 e. The summed E-state index contributed by atoms with van der Waals surface area (Å²) in [5, 5.41) is 26.2. The lowest BCUT2D eigenvalue weighted by Crippen LogP contribution is -2.46. The monoisotopic (exact) mass is 415 g/mol. The highest BCUT2D eigenvalue weighted by molar-refractivity contribution is 7.12. The van der Waals surface area contributed by atoms with Crippen LogP contribution >= 0.6 is 11.3 Å². The van der Waals surface area contributed by atoms with Gasteiger partial charge in [0.25, 0.3) is 5.91 Å². The lowest BCUT2D eigenvalue weighted by atomic mass is 10.2. The highest BCUT2D eigenvalue weighted by atomic mass is 32.1. The first-order chi connectivity index (χ1) is 13.8. The number of aromatic nitrogens is 5. The van der Waals surface area contributed by atoms with E-state index in [1.54, 1.807) is 10.8 Å². The average Bonchev–Trinajstić information content (AvgIpc) is 3.20.